The Bertz CT molecular complexity index is 494. The van der Waals surface area contributed by atoms with Gasteiger partial charge in [0.05, 0.1) is 12.5 Å². The van der Waals surface area contributed by atoms with E-state index in [2.05, 4.69) is 10.6 Å². The lowest BCUT2D eigenvalue weighted by Crippen LogP contribution is -2.29. The molecular formula is C13H15N3O3. The average molecular weight is 261 g/mol. The summed E-state index contributed by atoms with van der Waals surface area (Å²) < 4.78 is 0. The SMILES string of the molecule is N#CCc1cccc(NC(=O)NCCCC(=O)O)c1. The van der Waals surface area contributed by atoms with Crippen molar-refractivity contribution in [3.05, 3.63) is 29.8 Å². The van der Waals surface area contributed by atoms with Crippen LogP contribution >= 0.6 is 0 Å². The minimum atomic E-state index is -0.883. The highest BCUT2D eigenvalue weighted by molar-refractivity contribution is 5.89. The van der Waals surface area contributed by atoms with E-state index in [0.717, 1.165) is 5.56 Å². The molecule has 0 bridgehead atoms. The number of carbonyl (C=O) groups is 2. The minimum absolute atomic E-state index is 0.0257. The highest BCUT2D eigenvalue weighted by Gasteiger charge is 2.02. The van der Waals surface area contributed by atoms with Gasteiger partial charge < -0.3 is 15.7 Å². The third kappa shape index (κ3) is 6.07. The number of nitrogens with zero attached hydrogens (tertiary/aromatic N) is 1. The molecule has 1 rings (SSSR count). The minimum Gasteiger partial charge on any atom is -0.481 e. The van der Waals surface area contributed by atoms with Gasteiger partial charge in [0.2, 0.25) is 0 Å². The van der Waals surface area contributed by atoms with Crippen LogP contribution < -0.4 is 10.6 Å². The number of hydrogen-bond acceptors (Lipinski definition) is 3. The number of rotatable bonds is 6. The zero-order valence-electron chi connectivity index (χ0n) is 10.3. The van der Waals surface area contributed by atoms with Crippen LogP contribution in [-0.4, -0.2) is 23.7 Å². The predicted molar refractivity (Wildman–Crippen MR) is 69.7 cm³/mol. The molecule has 100 valence electrons. The standard InChI is InChI=1S/C13H15N3O3/c14-7-6-10-3-1-4-11(9-10)16-13(19)15-8-2-5-12(17)18/h1,3-4,9H,2,5-6,8H2,(H,17,18)(H2,15,16,19). The fourth-order valence-electron chi connectivity index (χ4n) is 1.47. The zero-order valence-corrected chi connectivity index (χ0v) is 10.3. The van der Waals surface area contributed by atoms with Gasteiger partial charge in [-0.05, 0) is 24.1 Å². The first-order chi connectivity index (χ1) is 9.11. The van der Waals surface area contributed by atoms with Crippen LogP contribution in [0.5, 0.6) is 0 Å². The molecule has 1 aromatic carbocycles. The van der Waals surface area contributed by atoms with Crippen molar-refractivity contribution >= 4 is 17.7 Å². The number of carboxylic acids is 1. The van der Waals surface area contributed by atoms with E-state index in [0.29, 0.717) is 18.7 Å². The Balaban J connectivity index is 2.37. The second-order valence-corrected chi connectivity index (χ2v) is 3.91. The summed E-state index contributed by atoms with van der Waals surface area (Å²) in [6, 6.07) is 8.65. The average Bonchev–Trinajstić information content (AvgIpc) is 2.35. The monoisotopic (exact) mass is 261 g/mol. The van der Waals surface area contributed by atoms with Crippen LogP contribution in [0.25, 0.3) is 0 Å². The van der Waals surface area contributed by atoms with E-state index in [4.69, 9.17) is 10.4 Å². The second-order valence-electron chi connectivity index (χ2n) is 3.91. The van der Waals surface area contributed by atoms with Gasteiger partial charge in [-0.1, -0.05) is 12.1 Å². The van der Waals surface area contributed by atoms with Gasteiger partial charge in [-0.2, -0.15) is 5.26 Å². The summed E-state index contributed by atoms with van der Waals surface area (Å²) in [4.78, 5) is 21.8. The maximum Gasteiger partial charge on any atom is 0.319 e. The van der Waals surface area contributed by atoms with Crippen LogP contribution in [0.15, 0.2) is 24.3 Å². The fraction of sp³-hybridized carbons (Fsp3) is 0.308. The maximum absolute atomic E-state index is 11.5. The summed E-state index contributed by atoms with van der Waals surface area (Å²) in [5, 5.41) is 22.2. The first-order valence-corrected chi connectivity index (χ1v) is 5.84. The number of anilines is 1. The summed E-state index contributed by atoms with van der Waals surface area (Å²) in [5.41, 5.74) is 1.43. The summed E-state index contributed by atoms with van der Waals surface area (Å²) in [5.74, 6) is -0.883. The van der Waals surface area contributed by atoms with E-state index in [1.165, 1.54) is 0 Å². The largest absolute Gasteiger partial charge is 0.481 e. The highest BCUT2D eigenvalue weighted by Crippen LogP contribution is 2.10. The van der Waals surface area contributed by atoms with E-state index in [9.17, 15) is 9.59 Å². The van der Waals surface area contributed by atoms with Crippen molar-refractivity contribution in [3.63, 3.8) is 0 Å². The lowest BCUT2D eigenvalue weighted by atomic mass is 10.1. The van der Waals surface area contributed by atoms with Crippen molar-refractivity contribution in [2.75, 3.05) is 11.9 Å². The Morgan fingerprint density at radius 1 is 1.37 bits per heavy atom. The van der Waals surface area contributed by atoms with Crippen molar-refractivity contribution in [1.82, 2.24) is 5.32 Å². The molecule has 0 heterocycles. The molecule has 0 fully saturated rings. The van der Waals surface area contributed by atoms with Gasteiger partial charge >= 0.3 is 12.0 Å². The summed E-state index contributed by atoms with van der Waals surface area (Å²) in [6.07, 6.45) is 0.699. The van der Waals surface area contributed by atoms with Gasteiger partial charge in [-0.15, -0.1) is 0 Å². The molecule has 0 aliphatic rings. The number of carbonyl (C=O) groups excluding carboxylic acids is 1. The van der Waals surface area contributed by atoms with E-state index >= 15 is 0 Å². The Labute approximate surface area is 111 Å². The van der Waals surface area contributed by atoms with Gasteiger partial charge in [-0.3, -0.25) is 4.79 Å². The van der Waals surface area contributed by atoms with Gasteiger partial charge in [0.1, 0.15) is 0 Å². The van der Waals surface area contributed by atoms with Crippen LogP contribution in [0, 0.1) is 11.3 Å². The number of hydrogen-bond donors (Lipinski definition) is 3. The lowest BCUT2D eigenvalue weighted by molar-refractivity contribution is -0.137. The molecule has 3 N–H and O–H groups in total. The molecule has 0 atom stereocenters. The van der Waals surface area contributed by atoms with E-state index in [1.807, 2.05) is 6.07 Å². The van der Waals surface area contributed by atoms with Crippen LogP contribution in [0.2, 0.25) is 0 Å². The van der Waals surface area contributed by atoms with Gasteiger partial charge in [0.25, 0.3) is 0 Å². The summed E-state index contributed by atoms with van der Waals surface area (Å²) >= 11 is 0. The Morgan fingerprint density at radius 3 is 2.84 bits per heavy atom. The molecule has 1 aromatic rings. The molecule has 0 aliphatic heterocycles. The third-order valence-corrected chi connectivity index (χ3v) is 2.32. The molecule has 6 nitrogen and oxygen atoms in total. The van der Waals surface area contributed by atoms with Crippen molar-refractivity contribution < 1.29 is 14.7 Å². The summed E-state index contributed by atoms with van der Waals surface area (Å²) in [7, 11) is 0. The van der Waals surface area contributed by atoms with Crippen LogP contribution in [-0.2, 0) is 11.2 Å². The van der Waals surface area contributed by atoms with Gasteiger partial charge in [0, 0.05) is 18.7 Å². The number of nitrogens with one attached hydrogen (secondary N) is 2. The smallest absolute Gasteiger partial charge is 0.319 e. The fourth-order valence-corrected chi connectivity index (χ4v) is 1.47. The first kappa shape index (κ1) is 14.5. The zero-order chi connectivity index (χ0) is 14.1. The topological polar surface area (TPSA) is 102 Å². The normalized spacial score (nSPS) is 9.42. The van der Waals surface area contributed by atoms with Crippen LogP contribution in [0.1, 0.15) is 18.4 Å². The molecule has 19 heavy (non-hydrogen) atoms. The summed E-state index contributed by atoms with van der Waals surface area (Å²) in [6.45, 7) is 0.302. The number of nitriles is 1. The highest BCUT2D eigenvalue weighted by atomic mass is 16.4. The number of carboxylic acid groups (broad SMARTS) is 1. The molecule has 0 saturated heterocycles. The van der Waals surface area contributed by atoms with Crippen molar-refractivity contribution in [2.45, 2.75) is 19.3 Å². The molecule has 6 heteroatoms. The third-order valence-electron chi connectivity index (χ3n) is 2.32. The maximum atomic E-state index is 11.5. The van der Waals surface area contributed by atoms with Crippen molar-refractivity contribution in [2.24, 2.45) is 0 Å². The van der Waals surface area contributed by atoms with Crippen LogP contribution in [0.3, 0.4) is 0 Å². The van der Waals surface area contributed by atoms with Crippen molar-refractivity contribution in [1.29, 1.82) is 5.26 Å². The van der Waals surface area contributed by atoms with Gasteiger partial charge in [0.15, 0.2) is 0 Å². The lowest BCUT2D eigenvalue weighted by Gasteiger charge is -2.07. The van der Waals surface area contributed by atoms with Gasteiger partial charge in [-0.25, -0.2) is 4.79 Å². The molecule has 0 spiro atoms. The molecule has 0 radical (unpaired) electrons. The Morgan fingerprint density at radius 2 is 2.16 bits per heavy atom. The number of urea groups is 1. The number of amides is 2. The molecular weight excluding hydrogens is 246 g/mol. The molecule has 0 aromatic heterocycles. The predicted octanol–water partition coefficient (Wildman–Crippen LogP) is 1.74. The molecule has 0 aliphatic carbocycles. The number of aliphatic carboxylic acids is 1. The molecule has 0 unspecified atom stereocenters. The molecule has 0 saturated carbocycles. The van der Waals surface area contributed by atoms with E-state index in [1.54, 1.807) is 24.3 Å². The van der Waals surface area contributed by atoms with E-state index < -0.39 is 5.97 Å². The second kappa shape index (κ2) is 7.71. The van der Waals surface area contributed by atoms with E-state index in [-0.39, 0.29) is 18.9 Å². The van der Waals surface area contributed by atoms with Crippen LogP contribution in [0.4, 0.5) is 10.5 Å². The quantitative estimate of drug-likeness (QED) is 0.678. The number of benzene rings is 1. The first-order valence-electron chi connectivity index (χ1n) is 5.84. The molecule has 2 amide bonds. The Hall–Kier alpha value is -2.55. The van der Waals surface area contributed by atoms with Crippen molar-refractivity contribution in [3.8, 4) is 6.07 Å². The Kier molecular flexibility index (Phi) is 5.89.